The molecule has 2 aromatic carbocycles. The van der Waals surface area contributed by atoms with Crippen molar-refractivity contribution in [2.24, 2.45) is 0 Å². The van der Waals surface area contributed by atoms with Gasteiger partial charge in [-0.25, -0.2) is 0 Å². The van der Waals surface area contributed by atoms with Crippen molar-refractivity contribution in [2.45, 2.75) is 13.0 Å². The van der Waals surface area contributed by atoms with Crippen molar-refractivity contribution in [3.63, 3.8) is 0 Å². The zero-order valence-electron chi connectivity index (χ0n) is 16.4. The highest BCUT2D eigenvalue weighted by molar-refractivity contribution is 6.30. The lowest BCUT2D eigenvalue weighted by atomic mass is 10.1. The van der Waals surface area contributed by atoms with E-state index in [1.54, 1.807) is 30.3 Å². The van der Waals surface area contributed by atoms with E-state index in [-0.39, 0.29) is 12.4 Å². The van der Waals surface area contributed by atoms with Gasteiger partial charge in [0, 0.05) is 23.7 Å². The first-order valence-electron chi connectivity index (χ1n) is 8.95. The smallest absolute Gasteiger partial charge is 0.161 e. The molecule has 0 amide bonds. The number of methoxy groups -OCH3 is 1. The van der Waals surface area contributed by atoms with E-state index in [2.05, 4.69) is 0 Å². The number of halogens is 1. The van der Waals surface area contributed by atoms with E-state index in [0.717, 1.165) is 5.75 Å². The highest BCUT2D eigenvalue weighted by Gasteiger charge is 2.13. The Morgan fingerprint density at radius 3 is 2.50 bits per heavy atom. The van der Waals surface area contributed by atoms with Crippen molar-refractivity contribution < 1.29 is 24.1 Å². The molecule has 0 saturated heterocycles. The molecule has 152 valence electrons. The summed E-state index contributed by atoms with van der Waals surface area (Å²) >= 11 is 5.84. The number of nitrogens with zero attached hydrogens (tertiary/aromatic N) is 1. The molecule has 28 heavy (non-hydrogen) atoms. The average Bonchev–Trinajstić information content (AvgIpc) is 2.67. The number of Topliss-reactive ketones (excluding diaryl/α,β-unsaturated/α-hetero) is 1. The molecule has 2 aromatic rings. The lowest BCUT2D eigenvalue weighted by Crippen LogP contribution is -2.35. The molecule has 0 bridgehead atoms. The van der Waals surface area contributed by atoms with Crippen molar-refractivity contribution in [3.05, 3.63) is 53.1 Å². The molecule has 7 heteroatoms. The van der Waals surface area contributed by atoms with E-state index in [0.29, 0.717) is 41.8 Å². The fourth-order valence-corrected chi connectivity index (χ4v) is 2.67. The number of ether oxygens (including phenoxy) is 3. The first kappa shape index (κ1) is 22.0. The van der Waals surface area contributed by atoms with E-state index >= 15 is 0 Å². The third-order valence-electron chi connectivity index (χ3n) is 4.08. The summed E-state index contributed by atoms with van der Waals surface area (Å²) in [4.78, 5) is 13.4. The Bertz CT molecular complexity index is 766. The van der Waals surface area contributed by atoms with Crippen LogP contribution < -0.4 is 14.2 Å². The monoisotopic (exact) mass is 407 g/mol. The van der Waals surface area contributed by atoms with Crippen LogP contribution in [0.5, 0.6) is 17.2 Å². The highest BCUT2D eigenvalue weighted by Crippen LogP contribution is 2.28. The summed E-state index contributed by atoms with van der Waals surface area (Å²) in [5, 5.41) is 10.9. The van der Waals surface area contributed by atoms with E-state index in [4.69, 9.17) is 25.8 Å². The SMILES string of the molecule is COc1cc(C(C)=O)ccc1OCC(O)CN(C)CCOc1ccc(Cl)cc1. The van der Waals surface area contributed by atoms with E-state index in [1.165, 1.54) is 14.0 Å². The standard InChI is InChI=1S/C21H26ClNO5/c1-15(24)16-4-9-20(21(12-16)26-3)28-14-18(25)13-23(2)10-11-27-19-7-5-17(22)6-8-19/h4-9,12,18,25H,10-11,13-14H2,1-3H3. The third kappa shape index (κ3) is 7.03. The van der Waals surface area contributed by atoms with Gasteiger partial charge in [-0.2, -0.15) is 0 Å². The Morgan fingerprint density at radius 1 is 1.14 bits per heavy atom. The molecule has 2 rings (SSSR count). The van der Waals surface area contributed by atoms with Crippen LogP contribution in [0.2, 0.25) is 5.02 Å². The Hall–Kier alpha value is -2.28. The number of hydrogen-bond acceptors (Lipinski definition) is 6. The average molecular weight is 408 g/mol. The molecular weight excluding hydrogens is 382 g/mol. The van der Waals surface area contributed by atoms with Gasteiger partial charge in [-0.15, -0.1) is 0 Å². The summed E-state index contributed by atoms with van der Waals surface area (Å²) in [7, 11) is 3.41. The number of carbonyl (C=O) groups is 1. The summed E-state index contributed by atoms with van der Waals surface area (Å²) in [6.45, 7) is 3.17. The largest absolute Gasteiger partial charge is 0.493 e. The van der Waals surface area contributed by atoms with Gasteiger partial charge in [-0.3, -0.25) is 4.79 Å². The maximum absolute atomic E-state index is 11.4. The maximum atomic E-state index is 11.4. The Labute approximate surface area is 170 Å². The van der Waals surface area contributed by atoms with E-state index in [1.807, 2.05) is 24.1 Å². The lowest BCUT2D eigenvalue weighted by molar-refractivity contribution is 0.0712. The van der Waals surface area contributed by atoms with Gasteiger partial charge in [0.1, 0.15) is 25.1 Å². The molecule has 0 aliphatic heterocycles. The molecule has 1 N–H and O–H groups in total. The highest BCUT2D eigenvalue weighted by atomic mass is 35.5. The molecule has 6 nitrogen and oxygen atoms in total. The van der Waals surface area contributed by atoms with Gasteiger partial charge in [0.15, 0.2) is 17.3 Å². The summed E-state index contributed by atoms with van der Waals surface area (Å²) in [6, 6.07) is 12.2. The molecule has 0 aromatic heterocycles. The summed E-state index contributed by atoms with van der Waals surface area (Å²) in [5.74, 6) is 1.65. The van der Waals surface area contributed by atoms with Crippen molar-refractivity contribution in [2.75, 3.05) is 40.5 Å². The van der Waals surface area contributed by atoms with Crippen LogP contribution in [0, 0.1) is 0 Å². The van der Waals surface area contributed by atoms with E-state index < -0.39 is 6.10 Å². The zero-order chi connectivity index (χ0) is 20.5. The van der Waals surface area contributed by atoms with Crippen LogP contribution in [-0.4, -0.2) is 62.4 Å². The number of rotatable bonds is 11. The summed E-state index contributed by atoms with van der Waals surface area (Å²) in [5.41, 5.74) is 0.546. The van der Waals surface area contributed by atoms with Gasteiger partial charge >= 0.3 is 0 Å². The van der Waals surface area contributed by atoms with Crippen molar-refractivity contribution in [1.29, 1.82) is 0 Å². The third-order valence-corrected chi connectivity index (χ3v) is 4.33. The second-order valence-electron chi connectivity index (χ2n) is 6.45. The normalized spacial score (nSPS) is 11.9. The second-order valence-corrected chi connectivity index (χ2v) is 6.89. The van der Waals surface area contributed by atoms with Gasteiger partial charge in [-0.1, -0.05) is 11.6 Å². The molecular formula is C21H26ClNO5. The predicted molar refractivity (Wildman–Crippen MR) is 109 cm³/mol. The number of hydrogen-bond donors (Lipinski definition) is 1. The molecule has 0 saturated carbocycles. The van der Waals surface area contributed by atoms with Crippen molar-refractivity contribution in [3.8, 4) is 17.2 Å². The van der Waals surface area contributed by atoms with Gasteiger partial charge < -0.3 is 24.2 Å². The molecule has 0 aliphatic rings. The van der Waals surface area contributed by atoms with Crippen LogP contribution in [0.1, 0.15) is 17.3 Å². The molecule has 0 aliphatic carbocycles. The molecule has 1 atom stereocenters. The van der Waals surface area contributed by atoms with Crippen molar-refractivity contribution in [1.82, 2.24) is 4.90 Å². The molecule has 0 fully saturated rings. The minimum atomic E-state index is -0.683. The minimum Gasteiger partial charge on any atom is -0.493 e. The molecule has 0 spiro atoms. The number of ketones is 1. The van der Waals surface area contributed by atoms with Crippen LogP contribution in [0.25, 0.3) is 0 Å². The Balaban J connectivity index is 1.74. The number of likely N-dealkylation sites (N-methyl/N-ethyl adjacent to an activating group) is 1. The lowest BCUT2D eigenvalue weighted by Gasteiger charge is -2.21. The second kappa shape index (κ2) is 10.9. The van der Waals surface area contributed by atoms with Crippen molar-refractivity contribution >= 4 is 17.4 Å². The topological polar surface area (TPSA) is 68.2 Å². The predicted octanol–water partition coefficient (Wildman–Crippen LogP) is 3.30. The quantitative estimate of drug-likeness (QED) is 0.576. The molecule has 0 heterocycles. The number of aliphatic hydroxyl groups is 1. The molecule has 1 unspecified atom stereocenters. The number of aliphatic hydroxyl groups excluding tert-OH is 1. The van der Waals surface area contributed by atoms with Gasteiger partial charge in [-0.05, 0) is 56.4 Å². The van der Waals surface area contributed by atoms with E-state index in [9.17, 15) is 9.90 Å². The fraction of sp³-hybridized carbons (Fsp3) is 0.381. The Kier molecular flexibility index (Phi) is 8.57. The maximum Gasteiger partial charge on any atom is 0.161 e. The fourth-order valence-electron chi connectivity index (χ4n) is 2.55. The van der Waals surface area contributed by atoms with Gasteiger partial charge in [0.2, 0.25) is 0 Å². The van der Waals surface area contributed by atoms with Crippen LogP contribution in [0.4, 0.5) is 0 Å². The van der Waals surface area contributed by atoms with Gasteiger partial charge in [0.05, 0.1) is 7.11 Å². The van der Waals surface area contributed by atoms with Crippen LogP contribution in [0.15, 0.2) is 42.5 Å². The summed E-state index contributed by atoms with van der Waals surface area (Å²) in [6.07, 6.45) is -0.683. The Morgan fingerprint density at radius 2 is 1.86 bits per heavy atom. The number of carbonyl (C=O) groups excluding carboxylic acids is 1. The summed E-state index contributed by atoms with van der Waals surface area (Å²) < 4.78 is 16.6. The first-order valence-corrected chi connectivity index (χ1v) is 9.33. The number of benzene rings is 2. The van der Waals surface area contributed by atoms with Gasteiger partial charge in [0.25, 0.3) is 0 Å². The van der Waals surface area contributed by atoms with Crippen LogP contribution in [0.3, 0.4) is 0 Å². The van der Waals surface area contributed by atoms with Crippen LogP contribution >= 0.6 is 11.6 Å². The minimum absolute atomic E-state index is 0.0488. The zero-order valence-corrected chi connectivity index (χ0v) is 17.1. The first-order chi connectivity index (χ1) is 13.4. The van der Waals surface area contributed by atoms with Crippen LogP contribution in [-0.2, 0) is 0 Å². The molecule has 0 radical (unpaired) electrons.